The second-order valence-electron chi connectivity index (χ2n) is 5.48. The third-order valence-electron chi connectivity index (χ3n) is 3.72. The number of halogens is 1. The molecule has 0 radical (unpaired) electrons. The minimum Gasteiger partial charge on any atom is -0.335 e. The number of anilines is 1. The molecular weight excluding hydrogens is 257 g/mol. The molecular formula is C15H22FN3O. The molecule has 5 heteroatoms. The predicted octanol–water partition coefficient (Wildman–Crippen LogP) is 2.82. The average Bonchev–Trinajstić information content (AvgIpc) is 2.42. The van der Waals surface area contributed by atoms with Gasteiger partial charge in [0.2, 0.25) is 0 Å². The number of piperidine rings is 1. The fraction of sp³-hybridized carbons (Fsp3) is 0.533. The number of carbonyl (C=O) groups excluding carboxylic acids is 1. The van der Waals surface area contributed by atoms with Gasteiger partial charge in [-0.1, -0.05) is 12.1 Å². The summed E-state index contributed by atoms with van der Waals surface area (Å²) in [4.78, 5) is 14.2. The molecule has 1 aromatic carbocycles. The highest BCUT2D eigenvalue weighted by Crippen LogP contribution is 2.14. The smallest absolute Gasteiger partial charge is 0.319 e. The summed E-state index contributed by atoms with van der Waals surface area (Å²) in [6.07, 6.45) is 1.87. The summed E-state index contributed by atoms with van der Waals surface area (Å²) in [6.45, 7) is 6.34. The zero-order valence-electron chi connectivity index (χ0n) is 12.0. The summed E-state index contributed by atoms with van der Waals surface area (Å²) in [6, 6.07) is 6.55. The van der Waals surface area contributed by atoms with Crippen molar-refractivity contribution in [2.75, 3.05) is 18.4 Å². The van der Waals surface area contributed by atoms with Crippen molar-refractivity contribution in [2.45, 2.75) is 38.8 Å². The molecule has 0 aromatic heterocycles. The minimum atomic E-state index is -0.419. The summed E-state index contributed by atoms with van der Waals surface area (Å²) < 4.78 is 13.4. The van der Waals surface area contributed by atoms with E-state index in [1.165, 1.54) is 6.07 Å². The third-order valence-corrected chi connectivity index (χ3v) is 3.72. The Morgan fingerprint density at radius 3 is 2.55 bits per heavy atom. The lowest BCUT2D eigenvalue weighted by Crippen LogP contribution is -2.47. The summed E-state index contributed by atoms with van der Waals surface area (Å²) in [5.41, 5.74) is 0.213. The fourth-order valence-corrected chi connectivity index (χ4v) is 2.47. The van der Waals surface area contributed by atoms with Crippen LogP contribution >= 0.6 is 0 Å². The van der Waals surface area contributed by atoms with E-state index in [4.69, 9.17) is 0 Å². The number of urea groups is 1. The highest BCUT2D eigenvalue weighted by molar-refractivity contribution is 5.89. The Labute approximate surface area is 119 Å². The number of amides is 2. The van der Waals surface area contributed by atoms with E-state index in [1.54, 1.807) is 18.2 Å². The van der Waals surface area contributed by atoms with Gasteiger partial charge in [0.05, 0.1) is 5.69 Å². The minimum absolute atomic E-state index is 0.164. The van der Waals surface area contributed by atoms with Crippen LogP contribution < -0.4 is 10.6 Å². The predicted molar refractivity (Wildman–Crippen MR) is 78.3 cm³/mol. The van der Waals surface area contributed by atoms with E-state index in [2.05, 4.69) is 29.4 Å². The molecule has 1 heterocycles. The Kier molecular flexibility index (Phi) is 4.95. The fourth-order valence-electron chi connectivity index (χ4n) is 2.47. The number of benzene rings is 1. The van der Waals surface area contributed by atoms with Crippen LogP contribution in [0, 0.1) is 5.82 Å². The largest absolute Gasteiger partial charge is 0.335 e. The van der Waals surface area contributed by atoms with E-state index in [0.717, 1.165) is 25.9 Å². The SMILES string of the molecule is CC(C)N1CCC(NC(=O)Nc2ccccc2F)CC1. The van der Waals surface area contributed by atoms with Crippen LogP contribution in [0.1, 0.15) is 26.7 Å². The zero-order chi connectivity index (χ0) is 14.5. The van der Waals surface area contributed by atoms with Gasteiger partial charge in [0.1, 0.15) is 5.82 Å². The molecule has 2 amide bonds. The molecule has 1 aromatic rings. The highest BCUT2D eigenvalue weighted by atomic mass is 19.1. The Balaban J connectivity index is 1.80. The van der Waals surface area contributed by atoms with E-state index >= 15 is 0 Å². The molecule has 0 aliphatic carbocycles. The lowest BCUT2D eigenvalue weighted by atomic mass is 10.0. The van der Waals surface area contributed by atoms with Crippen LogP contribution in [0.3, 0.4) is 0 Å². The average molecular weight is 279 g/mol. The highest BCUT2D eigenvalue weighted by Gasteiger charge is 2.22. The Morgan fingerprint density at radius 2 is 1.95 bits per heavy atom. The second-order valence-corrected chi connectivity index (χ2v) is 5.48. The van der Waals surface area contributed by atoms with Gasteiger partial charge in [-0.25, -0.2) is 9.18 Å². The Morgan fingerprint density at radius 1 is 1.30 bits per heavy atom. The number of hydrogen-bond donors (Lipinski definition) is 2. The van der Waals surface area contributed by atoms with Crippen LogP contribution in [0.25, 0.3) is 0 Å². The molecule has 20 heavy (non-hydrogen) atoms. The number of nitrogens with zero attached hydrogens (tertiary/aromatic N) is 1. The standard InChI is InChI=1S/C15H22FN3O/c1-11(2)19-9-7-12(8-10-19)17-15(20)18-14-6-4-3-5-13(14)16/h3-6,11-12H,7-10H2,1-2H3,(H2,17,18,20). The second kappa shape index (κ2) is 6.70. The van der Waals surface area contributed by atoms with Crippen LogP contribution in [0.2, 0.25) is 0 Å². The maximum atomic E-state index is 13.4. The van der Waals surface area contributed by atoms with Crippen LogP contribution in [-0.2, 0) is 0 Å². The van der Waals surface area contributed by atoms with Gasteiger partial charge in [-0.3, -0.25) is 0 Å². The molecule has 1 aliphatic heterocycles. The molecule has 0 bridgehead atoms. The lowest BCUT2D eigenvalue weighted by molar-refractivity contribution is 0.163. The van der Waals surface area contributed by atoms with Crippen molar-refractivity contribution in [1.29, 1.82) is 0 Å². The van der Waals surface area contributed by atoms with E-state index < -0.39 is 5.82 Å². The maximum absolute atomic E-state index is 13.4. The van der Waals surface area contributed by atoms with Crippen molar-refractivity contribution in [1.82, 2.24) is 10.2 Å². The number of hydrogen-bond acceptors (Lipinski definition) is 2. The molecule has 110 valence electrons. The van der Waals surface area contributed by atoms with E-state index in [9.17, 15) is 9.18 Å². The molecule has 0 spiro atoms. The third kappa shape index (κ3) is 3.93. The van der Waals surface area contributed by atoms with Crippen LogP contribution in [0.15, 0.2) is 24.3 Å². The van der Waals surface area contributed by atoms with Gasteiger partial charge in [-0.2, -0.15) is 0 Å². The quantitative estimate of drug-likeness (QED) is 0.893. The first-order valence-corrected chi connectivity index (χ1v) is 7.12. The molecule has 0 saturated carbocycles. The number of para-hydroxylation sites is 1. The number of nitrogens with one attached hydrogen (secondary N) is 2. The van der Waals surface area contributed by atoms with E-state index in [1.807, 2.05) is 0 Å². The molecule has 0 unspecified atom stereocenters. The van der Waals surface area contributed by atoms with Crippen molar-refractivity contribution >= 4 is 11.7 Å². The monoisotopic (exact) mass is 279 g/mol. The first-order valence-electron chi connectivity index (χ1n) is 7.12. The van der Waals surface area contributed by atoms with E-state index in [-0.39, 0.29) is 17.8 Å². The topological polar surface area (TPSA) is 44.4 Å². The van der Waals surface area contributed by atoms with Gasteiger partial charge in [0, 0.05) is 25.2 Å². The van der Waals surface area contributed by atoms with Crippen LogP contribution in [0.5, 0.6) is 0 Å². The molecule has 1 saturated heterocycles. The molecule has 1 aliphatic rings. The van der Waals surface area contributed by atoms with E-state index in [0.29, 0.717) is 6.04 Å². The summed E-state index contributed by atoms with van der Waals surface area (Å²) in [7, 11) is 0. The van der Waals surface area contributed by atoms with Crippen molar-refractivity contribution in [3.05, 3.63) is 30.1 Å². The molecule has 0 atom stereocenters. The zero-order valence-corrected chi connectivity index (χ0v) is 12.0. The van der Waals surface area contributed by atoms with Gasteiger partial charge in [0.25, 0.3) is 0 Å². The van der Waals surface area contributed by atoms with Crippen LogP contribution in [-0.4, -0.2) is 36.1 Å². The first-order chi connectivity index (χ1) is 9.56. The molecule has 4 nitrogen and oxygen atoms in total. The van der Waals surface area contributed by atoms with Crippen molar-refractivity contribution < 1.29 is 9.18 Å². The number of likely N-dealkylation sites (tertiary alicyclic amines) is 1. The first kappa shape index (κ1) is 14.8. The van der Waals surface area contributed by atoms with Crippen molar-refractivity contribution in [3.8, 4) is 0 Å². The van der Waals surface area contributed by atoms with Crippen LogP contribution in [0.4, 0.5) is 14.9 Å². The molecule has 2 N–H and O–H groups in total. The van der Waals surface area contributed by atoms with Gasteiger partial charge in [-0.15, -0.1) is 0 Å². The number of rotatable bonds is 3. The normalized spacial score (nSPS) is 17.2. The Hall–Kier alpha value is -1.62. The summed E-state index contributed by atoms with van der Waals surface area (Å²) in [5.74, 6) is -0.419. The summed E-state index contributed by atoms with van der Waals surface area (Å²) >= 11 is 0. The number of carbonyl (C=O) groups is 1. The lowest BCUT2D eigenvalue weighted by Gasteiger charge is -2.34. The van der Waals surface area contributed by atoms with Crippen molar-refractivity contribution in [3.63, 3.8) is 0 Å². The van der Waals surface area contributed by atoms with Gasteiger partial charge >= 0.3 is 6.03 Å². The Bertz CT molecular complexity index is 456. The maximum Gasteiger partial charge on any atom is 0.319 e. The molecule has 2 rings (SSSR count). The molecule has 1 fully saturated rings. The van der Waals surface area contributed by atoms with Gasteiger partial charge in [-0.05, 0) is 38.8 Å². The van der Waals surface area contributed by atoms with Crippen molar-refractivity contribution in [2.24, 2.45) is 0 Å². The van der Waals surface area contributed by atoms with Gasteiger partial charge in [0.15, 0.2) is 0 Å². The summed E-state index contributed by atoms with van der Waals surface area (Å²) in [5, 5.41) is 5.46. The van der Waals surface area contributed by atoms with Gasteiger partial charge < -0.3 is 15.5 Å².